The van der Waals surface area contributed by atoms with E-state index < -0.39 is 0 Å². The van der Waals surface area contributed by atoms with Crippen molar-refractivity contribution in [3.8, 4) is 0 Å². The lowest BCUT2D eigenvalue weighted by Gasteiger charge is -2.26. The summed E-state index contributed by atoms with van der Waals surface area (Å²) in [6, 6.07) is 0. The average Bonchev–Trinajstić information content (AvgIpc) is 3.02. The van der Waals surface area contributed by atoms with Gasteiger partial charge in [0.15, 0.2) is 0 Å². The molecule has 3 nitrogen and oxygen atoms in total. The third kappa shape index (κ3) is 3.43. The molecular weight excluding hydrogens is 260 g/mol. The second-order valence-electron chi connectivity index (χ2n) is 6.70. The van der Waals surface area contributed by atoms with E-state index in [1.807, 2.05) is 0 Å². The van der Waals surface area contributed by atoms with Crippen LogP contribution in [0, 0.1) is 11.3 Å². The maximum atomic E-state index is 12.4. The molecule has 1 N–H and O–H groups in total. The maximum absolute atomic E-state index is 12.4. The number of amides is 1. The van der Waals surface area contributed by atoms with Crippen molar-refractivity contribution in [2.75, 3.05) is 26.2 Å². The third-order valence-corrected chi connectivity index (χ3v) is 5.31. The molecule has 0 radical (unpaired) electrons. The third-order valence-electron chi connectivity index (χ3n) is 5.31. The van der Waals surface area contributed by atoms with Crippen LogP contribution < -0.4 is 5.32 Å². The molecule has 0 aromatic heterocycles. The minimum atomic E-state index is 0. The lowest BCUT2D eigenvalue weighted by atomic mass is 9.86. The van der Waals surface area contributed by atoms with Crippen LogP contribution in [0.1, 0.15) is 51.4 Å². The molecule has 1 amide bonds. The summed E-state index contributed by atoms with van der Waals surface area (Å²) in [7, 11) is 0. The summed E-state index contributed by atoms with van der Waals surface area (Å²) in [5, 5.41) is 3.46. The Kier molecular flexibility index (Phi) is 5.13. The molecular formula is C15H27ClN2O. The molecule has 4 heteroatoms. The van der Waals surface area contributed by atoms with Gasteiger partial charge in [-0.1, -0.05) is 19.3 Å². The normalized spacial score (nSPS) is 31.7. The van der Waals surface area contributed by atoms with Crippen molar-refractivity contribution in [3.05, 3.63) is 0 Å². The van der Waals surface area contributed by atoms with Gasteiger partial charge in [0.1, 0.15) is 0 Å². The molecule has 0 aromatic carbocycles. The molecule has 1 atom stereocenters. The highest BCUT2D eigenvalue weighted by Crippen LogP contribution is 2.37. The van der Waals surface area contributed by atoms with Gasteiger partial charge in [0.25, 0.3) is 0 Å². The Hall–Kier alpha value is -0.280. The predicted octanol–water partition coefficient (Wildman–Crippen LogP) is 2.59. The monoisotopic (exact) mass is 286 g/mol. The van der Waals surface area contributed by atoms with Gasteiger partial charge in [-0.3, -0.25) is 4.79 Å². The van der Waals surface area contributed by atoms with Crippen LogP contribution in [-0.2, 0) is 4.79 Å². The van der Waals surface area contributed by atoms with Crippen LogP contribution in [0.3, 0.4) is 0 Å². The van der Waals surface area contributed by atoms with Crippen LogP contribution in [0.4, 0.5) is 0 Å². The fourth-order valence-electron chi connectivity index (χ4n) is 4.06. The molecule has 110 valence electrons. The maximum Gasteiger partial charge on any atom is 0.222 e. The average molecular weight is 287 g/mol. The Morgan fingerprint density at radius 2 is 2.00 bits per heavy atom. The summed E-state index contributed by atoms with van der Waals surface area (Å²) >= 11 is 0. The Morgan fingerprint density at radius 1 is 1.21 bits per heavy atom. The van der Waals surface area contributed by atoms with Crippen LogP contribution in [0.25, 0.3) is 0 Å². The number of halogens is 1. The van der Waals surface area contributed by atoms with E-state index in [1.165, 1.54) is 44.9 Å². The highest BCUT2D eigenvalue weighted by molar-refractivity contribution is 5.85. The van der Waals surface area contributed by atoms with Crippen LogP contribution in [0.15, 0.2) is 0 Å². The SMILES string of the molecule is Cl.O=C(CC1CCCCC1)N1CCC2(CCNC2)C1. The van der Waals surface area contributed by atoms with Gasteiger partial charge in [0, 0.05) is 31.5 Å². The molecule has 1 saturated carbocycles. The Labute approximate surface area is 122 Å². The molecule has 1 aliphatic carbocycles. The molecule has 0 aromatic rings. The van der Waals surface area contributed by atoms with Gasteiger partial charge in [-0.05, 0) is 38.1 Å². The zero-order chi connectivity index (χ0) is 12.4. The number of hydrogen-bond donors (Lipinski definition) is 1. The van der Waals surface area contributed by atoms with E-state index in [0.29, 0.717) is 17.2 Å². The van der Waals surface area contributed by atoms with E-state index in [2.05, 4.69) is 10.2 Å². The summed E-state index contributed by atoms with van der Waals surface area (Å²) in [4.78, 5) is 14.5. The Bertz CT molecular complexity index is 309. The molecule has 1 unspecified atom stereocenters. The second kappa shape index (κ2) is 6.45. The van der Waals surface area contributed by atoms with Gasteiger partial charge >= 0.3 is 0 Å². The van der Waals surface area contributed by atoms with Crippen molar-refractivity contribution in [1.82, 2.24) is 10.2 Å². The van der Waals surface area contributed by atoms with E-state index in [1.54, 1.807) is 0 Å². The van der Waals surface area contributed by atoms with Gasteiger partial charge in [-0.15, -0.1) is 12.4 Å². The molecule has 19 heavy (non-hydrogen) atoms. The highest BCUT2D eigenvalue weighted by Gasteiger charge is 2.41. The smallest absolute Gasteiger partial charge is 0.222 e. The number of nitrogens with one attached hydrogen (secondary N) is 1. The quantitative estimate of drug-likeness (QED) is 0.846. The van der Waals surface area contributed by atoms with Crippen molar-refractivity contribution in [1.29, 1.82) is 0 Å². The lowest BCUT2D eigenvalue weighted by Crippen LogP contribution is -2.34. The molecule has 2 aliphatic heterocycles. The van der Waals surface area contributed by atoms with Crippen molar-refractivity contribution >= 4 is 18.3 Å². The summed E-state index contributed by atoms with van der Waals surface area (Å²) in [6.07, 6.45) is 9.93. The first-order valence-electron chi connectivity index (χ1n) is 7.76. The van der Waals surface area contributed by atoms with E-state index in [-0.39, 0.29) is 12.4 Å². The summed E-state index contributed by atoms with van der Waals surface area (Å²) in [5.41, 5.74) is 0.433. The van der Waals surface area contributed by atoms with Crippen LogP contribution >= 0.6 is 12.4 Å². The highest BCUT2D eigenvalue weighted by atomic mass is 35.5. The fourth-order valence-corrected chi connectivity index (χ4v) is 4.06. The fraction of sp³-hybridized carbons (Fsp3) is 0.933. The Balaban J connectivity index is 0.00000133. The van der Waals surface area contributed by atoms with Crippen molar-refractivity contribution in [2.24, 2.45) is 11.3 Å². The number of nitrogens with zero attached hydrogens (tertiary/aromatic N) is 1. The van der Waals surface area contributed by atoms with Gasteiger partial charge < -0.3 is 10.2 Å². The first-order chi connectivity index (χ1) is 8.77. The van der Waals surface area contributed by atoms with E-state index >= 15 is 0 Å². The molecule has 2 heterocycles. The second-order valence-corrected chi connectivity index (χ2v) is 6.70. The van der Waals surface area contributed by atoms with Crippen LogP contribution in [0.2, 0.25) is 0 Å². The van der Waals surface area contributed by atoms with Gasteiger partial charge in [-0.2, -0.15) is 0 Å². The number of carbonyl (C=O) groups excluding carboxylic acids is 1. The first-order valence-corrected chi connectivity index (χ1v) is 7.76. The van der Waals surface area contributed by atoms with Crippen LogP contribution in [0.5, 0.6) is 0 Å². The molecule has 3 rings (SSSR count). The largest absolute Gasteiger partial charge is 0.342 e. The zero-order valence-corrected chi connectivity index (χ0v) is 12.6. The summed E-state index contributed by atoms with van der Waals surface area (Å²) < 4.78 is 0. The van der Waals surface area contributed by atoms with Crippen molar-refractivity contribution < 1.29 is 4.79 Å². The van der Waals surface area contributed by atoms with Gasteiger partial charge in [0.2, 0.25) is 5.91 Å². The standard InChI is InChI=1S/C15H26N2O.ClH/c18-14(10-13-4-2-1-3-5-13)17-9-7-15(12-17)6-8-16-11-15;/h13,16H,1-12H2;1H. The minimum absolute atomic E-state index is 0. The molecule has 3 aliphatic rings. The van der Waals surface area contributed by atoms with Crippen molar-refractivity contribution in [2.45, 2.75) is 51.4 Å². The molecule has 1 spiro atoms. The topological polar surface area (TPSA) is 32.3 Å². The number of hydrogen-bond acceptors (Lipinski definition) is 2. The molecule has 0 bridgehead atoms. The zero-order valence-electron chi connectivity index (χ0n) is 11.8. The predicted molar refractivity (Wildman–Crippen MR) is 79.6 cm³/mol. The Morgan fingerprint density at radius 3 is 2.68 bits per heavy atom. The number of rotatable bonds is 2. The number of likely N-dealkylation sites (tertiary alicyclic amines) is 1. The minimum Gasteiger partial charge on any atom is -0.342 e. The van der Waals surface area contributed by atoms with Gasteiger partial charge in [0.05, 0.1) is 0 Å². The molecule has 2 saturated heterocycles. The molecule has 3 fully saturated rings. The number of carbonyl (C=O) groups is 1. The van der Waals surface area contributed by atoms with E-state index in [0.717, 1.165) is 32.6 Å². The van der Waals surface area contributed by atoms with Gasteiger partial charge in [-0.25, -0.2) is 0 Å². The van der Waals surface area contributed by atoms with Crippen LogP contribution in [-0.4, -0.2) is 37.0 Å². The van der Waals surface area contributed by atoms with Crippen molar-refractivity contribution in [3.63, 3.8) is 0 Å². The summed E-state index contributed by atoms with van der Waals surface area (Å²) in [5.74, 6) is 1.12. The van der Waals surface area contributed by atoms with E-state index in [9.17, 15) is 4.79 Å². The van der Waals surface area contributed by atoms with E-state index in [4.69, 9.17) is 0 Å². The first kappa shape index (κ1) is 15.1. The summed E-state index contributed by atoms with van der Waals surface area (Å²) in [6.45, 7) is 4.30. The lowest BCUT2D eigenvalue weighted by molar-refractivity contribution is -0.131.